The zero-order valence-electron chi connectivity index (χ0n) is 15.7. The number of benzene rings is 2. The maximum Gasteiger partial charge on any atom is 0.317 e. The van der Waals surface area contributed by atoms with Crippen LogP contribution in [0.1, 0.15) is 11.1 Å². The molecule has 3 rings (SSSR count). The first-order chi connectivity index (χ1) is 13.1. The van der Waals surface area contributed by atoms with E-state index in [4.69, 9.17) is 16.3 Å². The van der Waals surface area contributed by atoms with Crippen molar-refractivity contribution in [2.45, 2.75) is 13.0 Å². The smallest absolute Gasteiger partial charge is 0.317 e. The summed E-state index contributed by atoms with van der Waals surface area (Å²) in [7, 11) is 1.67. The van der Waals surface area contributed by atoms with Crippen molar-refractivity contribution in [2.75, 3.05) is 39.8 Å². The predicted molar refractivity (Wildman–Crippen MR) is 108 cm³/mol. The van der Waals surface area contributed by atoms with Gasteiger partial charge in [0.1, 0.15) is 5.75 Å². The Hall–Kier alpha value is -2.24. The summed E-state index contributed by atoms with van der Waals surface area (Å²) in [4.78, 5) is 16.6. The van der Waals surface area contributed by atoms with Gasteiger partial charge < -0.3 is 15.0 Å². The van der Waals surface area contributed by atoms with Crippen molar-refractivity contribution in [1.82, 2.24) is 15.1 Å². The second-order valence-corrected chi connectivity index (χ2v) is 7.16. The molecule has 144 valence electrons. The van der Waals surface area contributed by atoms with E-state index in [-0.39, 0.29) is 6.03 Å². The first-order valence-electron chi connectivity index (χ1n) is 9.26. The van der Waals surface area contributed by atoms with Gasteiger partial charge in [-0.05, 0) is 41.8 Å². The summed E-state index contributed by atoms with van der Waals surface area (Å²) in [5, 5.41) is 3.74. The van der Waals surface area contributed by atoms with Crippen LogP contribution in [-0.2, 0) is 13.0 Å². The van der Waals surface area contributed by atoms with Crippen LogP contribution in [0.4, 0.5) is 4.79 Å². The number of urea groups is 1. The third-order valence-corrected chi connectivity index (χ3v) is 5.04. The highest BCUT2D eigenvalue weighted by molar-refractivity contribution is 6.30. The fraction of sp³-hybridized carbons (Fsp3) is 0.381. The van der Waals surface area contributed by atoms with Crippen molar-refractivity contribution in [1.29, 1.82) is 0 Å². The van der Waals surface area contributed by atoms with Crippen LogP contribution in [0.2, 0.25) is 5.02 Å². The Labute approximate surface area is 165 Å². The summed E-state index contributed by atoms with van der Waals surface area (Å²) >= 11 is 5.99. The number of piperazine rings is 1. The lowest BCUT2D eigenvalue weighted by Crippen LogP contribution is -2.51. The summed E-state index contributed by atoms with van der Waals surface area (Å²) < 4.78 is 5.19. The molecule has 0 radical (unpaired) electrons. The summed E-state index contributed by atoms with van der Waals surface area (Å²) in [5.74, 6) is 0.873. The fourth-order valence-electron chi connectivity index (χ4n) is 3.22. The normalized spacial score (nSPS) is 14.8. The van der Waals surface area contributed by atoms with Crippen molar-refractivity contribution in [2.24, 2.45) is 0 Å². The minimum absolute atomic E-state index is 0.0149. The molecule has 2 amide bonds. The molecule has 0 aliphatic carbocycles. The Balaban J connectivity index is 1.38. The van der Waals surface area contributed by atoms with Crippen LogP contribution in [0.3, 0.4) is 0 Å². The molecule has 1 heterocycles. The molecule has 2 aromatic rings. The highest BCUT2D eigenvalue weighted by Gasteiger charge is 2.20. The first kappa shape index (κ1) is 19.5. The zero-order valence-corrected chi connectivity index (χ0v) is 16.4. The van der Waals surface area contributed by atoms with Gasteiger partial charge in [-0.25, -0.2) is 4.79 Å². The third kappa shape index (κ3) is 5.88. The minimum Gasteiger partial charge on any atom is -0.497 e. The third-order valence-electron chi connectivity index (χ3n) is 4.80. The number of carbonyl (C=O) groups is 1. The monoisotopic (exact) mass is 387 g/mol. The maximum absolute atomic E-state index is 12.3. The second-order valence-electron chi connectivity index (χ2n) is 6.72. The van der Waals surface area contributed by atoms with E-state index in [0.717, 1.165) is 55.5 Å². The van der Waals surface area contributed by atoms with Crippen molar-refractivity contribution < 1.29 is 9.53 Å². The molecule has 2 aromatic carbocycles. The van der Waals surface area contributed by atoms with Gasteiger partial charge in [0.2, 0.25) is 0 Å². The molecule has 0 spiro atoms. The van der Waals surface area contributed by atoms with E-state index in [1.165, 1.54) is 5.56 Å². The average Bonchev–Trinajstić information content (AvgIpc) is 2.69. The Morgan fingerprint density at radius 2 is 1.81 bits per heavy atom. The van der Waals surface area contributed by atoms with Crippen molar-refractivity contribution >= 4 is 17.6 Å². The number of rotatable bonds is 6. The van der Waals surface area contributed by atoms with E-state index in [2.05, 4.69) is 22.3 Å². The summed E-state index contributed by atoms with van der Waals surface area (Å²) in [6.07, 6.45) is 0.781. The molecular formula is C21H26ClN3O2. The fourth-order valence-corrected chi connectivity index (χ4v) is 3.43. The molecule has 0 atom stereocenters. The predicted octanol–water partition coefficient (Wildman–Crippen LogP) is 3.42. The van der Waals surface area contributed by atoms with E-state index in [1.807, 2.05) is 41.3 Å². The van der Waals surface area contributed by atoms with Gasteiger partial charge in [0.25, 0.3) is 0 Å². The number of nitrogens with zero attached hydrogens (tertiary/aromatic N) is 2. The largest absolute Gasteiger partial charge is 0.497 e. The van der Waals surface area contributed by atoms with E-state index >= 15 is 0 Å². The lowest BCUT2D eigenvalue weighted by Gasteiger charge is -2.34. The Kier molecular flexibility index (Phi) is 6.96. The number of nitrogens with one attached hydrogen (secondary N) is 1. The van der Waals surface area contributed by atoms with E-state index in [9.17, 15) is 4.79 Å². The quantitative estimate of drug-likeness (QED) is 0.826. The summed E-state index contributed by atoms with van der Waals surface area (Å²) in [6, 6.07) is 15.9. The average molecular weight is 388 g/mol. The van der Waals surface area contributed by atoms with Gasteiger partial charge in [0.15, 0.2) is 0 Å². The number of hydrogen-bond acceptors (Lipinski definition) is 3. The highest BCUT2D eigenvalue weighted by Crippen LogP contribution is 2.14. The molecule has 0 unspecified atom stereocenters. The number of ether oxygens (including phenoxy) is 1. The Bertz CT molecular complexity index is 743. The minimum atomic E-state index is 0.0149. The number of halogens is 1. The van der Waals surface area contributed by atoms with Crippen LogP contribution in [0.15, 0.2) is 48.5 Å². The molecule has 0 saturated carbocycles. The van der Waals surface area contributed by atoms with E-state index in [0.29, 0.717) is 6.54 Å². The van der Waals surface area contributed by atoms with Gasteiger partial charge in [0, 0.05) is 44.3 Å². The molecule has 27 heavy (non-hydrogen) atoms. The molecular weight excluding hydrogens is 362 g/mol. The van der Waals surface area contributed by atoms with Gasteiger partial charge in [-0.15, -0.1) is 0 Å². The van der Waals surface area contributed by atoms with Crippen molar-refractivity contribution in [3.63, 3.8) is 0 Å². The lowest BCUT2D eigenvalue weighted by molar-refractivity contribution is 0.135. The zero-order chi connectivity index (χ0) is 19.1. The molecule has 1 saturated heterocycles. The molecule has 1 aliphatic rings. The van der Waals surface area contributed by atoms with Gasteiger partial charge in [-0.1, -0.05) is 35.9 Å². The van der Waals surface area contributed by atoms with Crippen LogP contribution in [0.25, 0.3) is 0 Å². The maximum atomic E-state index is 12.3. The molecule has 0 aromatic heterocycles. The van der Waals surface area contributed by atoms with Gasteiger partial charge in [-0.3, -0.25) is 4.90 Å². The van der Waals surface area contributed by atoms with Crippen molar-refractivity contribution in [3.8, 4) is 5.75 Å². The van der Waals surface area contributed by atoms with Crippen LogP contribution in [-0.4, -0.2) is 55.7 Å². The lowest BCUT2D eigenvalue weighted by atomic mass is 10.1. The van der Waals surface area contributed by atoms with Crippen molar-refractivity contribution in [3.05, 3.63) is 64.7 Å². The Morgan fingerprint density at radius 1 is 1.07 bits per heavy atom. The standard InChI is InChI=1S/C21H26ClN3O2/c1-27-20-7-5-18(6-8-20)16-24-11-13-25(14-12-24)21(26)23-10-9-17-3-2-4-19(22)15-17/h2-8,15H,9-14,16H2,1H3,(H,23,26). The molecule has 5 nitrogen and oxygen atoms in total. The summed E-state index contributed by atoms with van der Waals surface area (Å²) in [5.41, 5.74) is 2.39. The van der Waals surface area contributed by atoms with Crippen LogP contribution in [0, 0.1) is 0 Å². The van der Waals surface area contributed by atoms with Gasteiger partial charge >= 0.3 is 6.03 Å². The number of amides is 2. The van der Waals surface area contributed by atoms with Crippen LogP contribution >= 0.6 is 11.6 Å². The van der Waals surface area contributed by atoms with E-state index in [1.54, 1.807) is 7.11 Å². The van der Waals surface area contributed by atoms with Crippen LogP contribution < -0.4 is 10.1 Å². The van der Waals surface area contributed by atoms with E-state index < -0.39 is 0 Å². The van der Waals surface area contributed by atoms with Gasteiger partial charge in [0.05, 0.1) is 7.11 Å². The van der Waals surface area contributed by atoms with Crippen LogP contribution in [0.5, 0.6) is 5.75 Å². The number of carbonyl (C=O) groups excluding carboxylic acids is 1. The molecule has 1 N–H and O–H groups in total. The molecule has 1 fully saturated rings. The summed E-state index contributed by atoms with van der Waals surface area (Å²) in [6.45, 7) is 4.78. The second kappa shape index (κ2) is 9.62. The number of methoxy groups -OCH3 is 1. The first-order valence-corrected chi connectivity index (χ1v) is 9.64. The molecule has 1 aliphatic heterocycles. The molecule has 6 heteroatoms. The Morgan fingerprint density at radius 3 is 2.48 bits per heavy atom. The number of hydrogen-bond donors (Lipinski definition) is 1. The topological polar surface area (TPSA) is 44.8 Å². The SMILES string of the molecule is COc1ccc(CN2CCN(C(=O)NCCc3cccc(Cl)c3)CC2)cc1. The van der Waals surface area contributed by atoms with Gasteiger partial charge in [-0.2, -0.15) is 0 Å². The molecule has 0 bridgehead atoms. The highest BCUT2D eigenvalue weighted by atomic mass is 35.5.